The van der Waals surface area contributed by atoms with Gasteiger partial charge in [-0.1, -0.05) is 35.5 Å². The van der Waals surface area contributed by atoms with Crippen molar-refractivity contribution in [3.05, 3.63) is 47.6 Å². The fourth-order valence-electron chi connectivity index (χ4n) is 2.73. The number of hydrogen-bond acceptors (Lipinski definition) is 4. The summed E-state index contributed by atoms with van der Waals surface area (Å²) in [5, 5.41) is 6.80. The Morgan fingerprint density at radius 2 is 2.23 bits per heavy atom. The first-order valence-electron chi connectivity index (χ1n) is 7.59. The van der Waals surface area contributed by atoms with Crippen LogP contribution in [0.3, 0.4) is 0 Å². The van der Waals surface area contributed by atoms with E-state index in [1.807, 2.05) is 35.2 Å². The fourth-order valence-corrected chi connectivity index (χ4v) is 2.73. The van der Waals surface area contributed by atoms with Crippen molar-refractivity contribution in [2.24, 2.45) is 0 Å². The van der Waals surface area contributed by atoms with Gasteiger partial charge in [0.05, 0.1) is 5.92 Å². The zero-order valence-corrected chi connectivity index (χ0v) is 12.7. The van der Waals surface area contributed by atoms with Gasteiger partial charge in [-0.3, -0.25) is 0 Å². The van der Waals surface area contributed by atoms with Crippen molar-refractivity contribution in [2.75, 3.05) is 13.1 Å². The van der Waals surface area contributed by atoms with E-state index in [1.165, 1.54) is 0 Å². The maximum Gasteiger partial charge on any atom is 0.317 e. The van der Waals surface area contributed by atoms with Gasteiger partial charge < -0.3 is 14.7 Å². The second-order valence-corrected chi connectivity index (χ2v) is 5.61. The Morgan fingerprint density at radius 3 is 2.95 bits per heavy atom. The fraction of sp³-hybridized carbons (Fsp3) is 0.438. The van der Waals surface area contributed by atoms with E-state index in [0.717, 1.165) is 24.9 Å². The highest BCUT2D eigenvalue weighted by Gasteiger charge is 2.28. The average Bonchev–Trinajstić information content (AvgIpc) is 3.00. The summed E-state index contributed by atoms with van der Waals surface area (Å²) in [6, 6.07) is 9.87. The molecule has 1 aromatic heterocycles. The third-order valence-corrected chi connectivity index (χ3v) is 3.89. The lowest BCUT2D eigenvalue weighted by Gasteiger charge is -2.31. The van der Waals surface area contributed by atoms with Crippen LogP contribution in [0.1, 0.15) is 36.0 Å². The van der Waals surface area contributed by atoms with E-state index in [4.69, 9.17) is 4.52 Å². The number of carbonyl (C=O) groups excluding carboxylic acids is 1. The summed E-state index contributed by atoms with van der Waals surface area (Å²) in [4.78, 5) is 18.4. The summed E-state index contributed by atoms with van der Waals surface area (Å²) >= 11 is 0. The molecule has 1 N–H and O–H groups in total. The summed E-state index contributed by atoms with van der Waals surface area (Å²) < 4.78 is 5.24. The molecule has 6 heteroatoms. The number of rotatable bonds is 3. The van der Waals surface area contributed by atoms with Crippen molar-refractivity contribution in [3.63, 3.8) is 0 Å². The molecule has 116 valence electrons. The summed E-state index contributed by atoms with van der Waals surface area (Å²) in [6.07, 6.45) is 1.93. The number of urea groups is 1. The number of aromatic nitrogens is 2. The monoisotopic (exact) mass is 300 g/mol. The summed E-state index contributed by atoms with van der Waals surface area (Å²) in [6.45, 7) is 3.74. The predicted molar refractivity (Wildman–Crippen MR) is 81.3 cm³/mol. The molecule has 2 amide bonds. The molecule has 3 rings (SSSR count). The van der Waals surface area contributed by atoms with Gasteiger partial charge >= 0.3 is 6.03 Å². The Balaban J connectivity index is 1.56. The van der Waals surface area contributed by atoms with Crippen LogP contribution in [-0.2, 0) is 6.54 Å². The number of likely N-dealkylation sites (tertiary alicyclic amines) is 1. The average molecular weight is 300 g/mol. The van der Waals surface area contributed by atoms with Gasteiger partial charge in [0.25, 0.3) is 0 Å². The Kier molecular flexibility index (Phi) is 4.37. The van der Waals surface area contributed by atoms with Gasteiger partial charge in [0.15, 0.2) is 5.82 Å². The highest BCUT2D eigenvalue weighted by atomic mass is 16.5. The largest absolute Gasteiger partial charge is 0.339 e. The summed E-state index contributed by atoms with van der Waals surface area (Å²) in [5.41, 5.74) is 1.09. The van der Waals surface area contributed by atoms with Crippen LogP contribution in [0.15, 0.2) is 34.9 Å². The summed E-state index contributed by atoms with van der Waals surface area (Å²) in [7, 11) is 0. The normalized spacial score (nSPS) is 18.2. The number of hydrogen-bond donors (Lipinski definition) is 1. The molecule has 1 atom stereocenters. The van der Waals surface area contributed by atoms with Gasteiger partial charge in [-0.15, -0.1) is 0 Å². The summed E-state index contributed by atoms with van der Waals surface area (Å²) in [5.74, 6) is 1.41. The van der Waals surface area contributed by atoms with E-state index >= 15 is 0 Å². The van der Waals surface area contributed by atoms with Crippen molar-refractivity contribution in [3.8, 4) is 0 Å². The molecule has 0 unspecified atom stereocenters. The molecule has 1 fully saturated rings. The van der Waals surface area contributed by atoms with Crippen molar-refractivity contribution < 1.29 is 9.32 Å². The number of aryl methyl sites for hydroxylation is 1. The highest BCUT2D eigenvalue weighted by molar-refractivity contribution is 5.74. The van der Waals surface area contributed by atoms with Crippen LogP contribution in [0.2, 0.25) is 0 Å². The smallest absolute Gasteiger partial charge is 0.317 e. The number of nitrogens with zero attached hydrogens (tertiary/aromatic N) is 3. The Bertz CT molecular complexity index is 626. The Hall–Kier alpha value is -2.37. The SMILES string of the molecule is Cc1noc([C@@H]2CCCN(C(=O)NCc3ccccc3)C2)n1. The van der Waals surface area contributed by atoms with Crippen LogP contribution in [0.25, 0.3) is 0 Å². The first-order chi connectivity index (χ1) is 10.7. The van der Waals surface area contributed by atoms with Gasteiger partial charge in [-0.2, -0.15) is 4.98 Å². The molecule has 2 aromatic rings. The second kappa shape index (κ2) is 6.60. The first kappa shape index (κ1) is 14.6. The van der Waals surface area contributed by atoms with Gasteiger partial charge in [0.1, 0.15) is 0 Å². The molecule has 1 aliphatic heterocycles. The molecule has 0 spiro atoms. The van der Waals surface area contributed by atoms with E-state index in [0.29, 0.717) is 24.8 Å². The van der Waals surface area contributed by atoms with Gasteiger partial charge in [0, 0.05) is 19.6 Å². The van der Waals surface area contributed by atoms with Crippen molar-refractivity contribution in [1.82, 2.24) is 20.4 Å². The molecule has 1 aromatic carbocycles. The van der Waals surface area contributed by atoms with Crippen molar-refractivity contribution >= 4 is 6.03 Å². The van der Waals surface area contributed by atoms with Crippen LogP contribution in [0.5, 0.6) is 0 Å². The molecule has 22 heavy (non-hydrogen) atoms. The van der Waals surface area contributed by atoms with E-state index in [9.17, 15) is 4.79 Å². The number of piperidine rings is 1. The standard InChI is InChI=1S/C16H20N4O2/c1-12-18-15(22-19-12)14-8-5-9-20(11-14)16(21)17-10-13-6-3-2-4-7-13/h2-4,6-7,14H,5,8-11H2,1H3,(H,17,21)/t14-/m1/s1. The van der Waals surface area contributed by atoms with Gasteiger partial charge in [-0.25, -0.2) is 4.79 Å². The van der Waals surface area contributed by atoms with E-state index in [1.54, 1.807) is 6.92 Å². The maximum atomic E-state index is 12.3. The molecule has 1 aliphatic rings. The molecule has 0 saturated carbocycles. The lowest BCUT2D eigenvalue weighted by molar-refractivity contribution is 0.171. The quantitative estimate of drug-likeness (QED) is 0.945. The highest BCUT2D eigenvalue weighted by Crippen LogP contribution is 2.25. The molecule has 0 aliphatic carbocycles. The van der Waals surface area contributed by atoms with E-state index < -0.39 is 0 Å². The van der Waals surface area contributed by atoms with Crippen LogP contribution < -0.4 is 5.32 Å². The van der Waals surface area contributed by atoms with Gasteiger partial charge in [0.2, 0.25) is 5.89 Å². The molecular formula is C16H20N4O2. The van der Waals surface area contributed by atoms with Crippen molar-refractivity contribution in [1.29, 1.82) is 0 Å². The zero-order valence-electron chi connectivity index (χ0n) is 12.7. The molecule has 6 nitrogen and oxygen atoms in total. The maximum absolute atomic E-state index is 12.3. The number of nitrogens with one attached hydrogen (secondary N) is 1. The number of carbonyl (C=O) groups is 1. The molecule has 0 bridgehead atoms. The first-order valence-corrected chi connectivity index (χ1v) is 7.59. The molecule has 2 heterocycles. The van der Waals surface area contributed by atoms with E-state index in [2.05, 4.69) is 15.5 Å². The molecule has 0 radical (unpaired) electrons. The predicted octanol–water partition coefficient (Wildman–Crippen LogP) is 2.47. The minimum absolute atomic E-state index is 0.0372. The second-order valence-electron chi connectivity index (χ2n) is 5.61. The van der Waals surface area contributed by atoms with Crippen molar-refractivity contribution in [2.45, 2.75) is 32.2 Å². The molecule has 1 saturated heterocycles. The molecular weight excluding hydrogens is 280 g/mol. The Morgan fingerprint density at radius 1 is 1.41 bits per heavy atom. The third kappa shape index (κ3) is 3.44. The van der Waals surface area contributed by atoms with Gasteiger partial charge in [-0.05, 0) is 25.3 Å². The number of amides is 2. The number of benzene rings is 1. The third-order valence-electron chi connectivity index (χ3n) is 3.89. The minimum Gasteiger partial charge on any atom is -0.339 e. The minimum atomic E-state index is -0.0372. The van der Waals surface area contributed by atoms with E-state index in [-0.39, 0.29) is 11.9 Å². The topological polar surface area (TPSA) is 71.3 Å². The van der Waals surface area contributed by atoms with Crippen LogP contribution in [0, 0.1) is 6.92 Å². The van der Waals surface area contributed by atoms with Crippen LogP contribution >= 0.6 is 0 Å². The zero-order chi connectivity index (χ0) is 15.4. The lowest BCUT2D eigenvalue weighted by atomic mass is 9.98. The van der Waals surface area contributed by atoms with Crippen LogP contribution in [-0.4, -0.2) is 34.2 Å². The Labute approximate surface area is 129 Å². The van der Waals surface area contributed by atoms with Crippen LogP contribution in [0.4, 0.5) is 4.79 Å². The lowest BCUT2D eigenvalue weighted by Crippen LogP contribution is -2.44.